The van der Waals surface area contributed by atoms with Crippen molar-refractivity contribution in [2.45, 2.75) is 0 Å². The van der Waals surface area contributed by atoms with Crippen LogP contribution in [-0.2, 0) is 9.53 Å². The van der Waals surface area contributed by atoms with Gasteiger partial charge in [-0.2, -0.15) is 0 Å². The highest BCUT2D eigenvalue weighted by Gasteiger charge is 2.18. The quantitative estimate of drug-likeness (QED) is 0.442. The molecule has 0 aliphatic rings. The summed E-state index contributed by atoms with van der Waals surface area (Å²) in [4.78, 5) is 42.5. The molecule has 0 radical (unpaired) electrons. The van der Waals surface area contributed by atoms with E-state index < -0.39 is 29.0 Å². The summed E-state index contributed by atoms with van der Waals surface area (Å²) in [5.41, 5.74) is -1.24. The maximum absolute atomic E-state index is 11.1. The predicted molar refractivity (Wildman–Crippen MR) is 51.8 cm³/mol. The molecular formula is C10H6O7. The van der Waals surface area contributed by atoms with Gasteiger partial charge >= 0.3 is 24.4 Å². The number of hydrogen-bond donors (Lipinski definition) is 2. The summed E-state index contributed by atoms with van der Waals surface area (Å²) in [6, 6.07) is 2.84. The summed E-state index contributed by atoms with van der Waals surface area (Å²) in [7, 11) is 0. The van der Waals surface area contributed by atoms with Gasteiger partial charge in [-0.25, -0.2) is 14.4 Å². The van der Waals surface area contributed by atoms with Crippen molar-refractivity contribution in [1.82, 2.24) is 0 Å². The number of carbonyl (C=O) groups excluding carboxylic acids is 2. The van der Waals surface area contributed by atoms with Gasteiger partial charge in [-0.05, 0) is 18.2 Å². The molecule has 1 aromatic carbocycles. The van der Waals surface area contributed by atoms with Crippen LogP contribution in [0, 0.1) is 0 Å². The lowest BCUT2D eigenvalue weighted by Crippen LogP contribution is -2.11. The van der Waals surface area contributed by atoms with Gasteiger partial charge in [0.2, 0.25) is 0 Å². The number of ether oxygens (including phenoxy) is 1. The van der Waals surface area contributed by atoms with E-state index in [0.717, 1.165) is 18.2 Å². The molecule has 2 N–H and O–H groups in total. The summed E-state index contributed by atoms with van der Waals surface area (Å²) in [6.07, 6.45) is 0. The van der Waals surface area contributed by atoms with Crippen molar-refractivity contribution in [2.24, 2.45) is 0 Å². The van der Waals surface area contributed by atoms with Crippen LogP contribution in [0.5, 0.6) is 0 Å². The van der Waals surface area contributed by atoms with Crippen LogP contribution >= 0.6 is 0 Å². The minimum Gasteiger partial charge on any atom is -0.478 e. The summed E-state index contributed by atoms with van der Waals surface area (Å²) in [6.45, 7) is -0.103. The Morgan fingerprint density at radius 2 is 1.65 bits per heavy atom. The standard InChI is InChI=1S/C10H6O7/c11-4-17-10(16)5-1-2-6(8(12)13)7(3-5)9(14)15/h1-4H,(H,12,13)(H,14,15). The number of esters is 1. The molecule has 1 aromatic rings. The van der Waals surface area contributed by atoms with Crippen molar-refractivity contribution in [3.63, 3.8) is 0 Å². The number of rotatable bonds is 4. The van der Waals surface area contributed by atoms with Crippen LogP contribution in [0.2, 0.25) is 0 Å². The Balaban J connectivity index is 3.28. The predicted octanol–water partition coefficient (Wildman–Crippen LogP) is 0.396. The SMILES string of the molecule is O=COC(=O)c1ccc(C(=O)O)c(C(=O)O)c1. The number of carboxylic acid groups (broad SMARTS) is 2. The Bertz CT molecular complexity index is 503. The summed E-state index contributed by atoms with van der Waals surface area (Å²) < 4.78 is 4.00. The Labute approximate surface area is 94.2 Å². The first-order chi connectivity index (χ1) is 7.97. The highest BCUT2D eigenvalue weighted by molar-refractivity contribution is 6.04. The third-order valence-corrected chi connectivity index (χ3v) is 1.87. The fourth-order valence-electron chi connectivity index (χ4n) is 1.15. The molecule has 17 heavy (non-hydrogen) atoms. The Hall–Kier alpha value is -2.70. The molecule has 0 saturated heterocycles. The van der Waals surface area contributed by atoms with Gasteiger partial charge in [-0.15, -0.1) is 0 Å². The van der Waals surface area contributed by atoms with Gasteiger partial charge in [0.25, 0.3) is 0 Å². The molecule has 88 valence electrons. The second-order valence-corrected chi connectivity index (χ2v) is 2.87. The molecule has 1 rings (SSSR count). The summed E-state index contributed by atoms with van der Waals surface area (Å²) in [5.74, 6) is -3.99. The molecule has 0 aromatic heterocycles. The molecule has 0 aliphatic carbocycles. The molecule has 0 saturated carbocycles. The van der Waals surface area contributed by atoms with Gasteiger partial charge in [-0.1, -0.05) is 0 Å². The number of carbonyl (C=O) groups is 4. The molecule has 0 atom stereocenters. The van der Waals surface area contributed by atoms with Crippen LogP contribution in [0.3, 0.4) is 0 Å². The van der Waals surface area contributed by atoms with E-state index in [9.17, 15) is 19.2 Å². The van der Waals surface area contributed by atoms with E-state index in [4.69, 9.17) is 10.2 Å². The van der Waals surface area contributed by atoms with Crippen LogP contribution < -0.4 is 0 Å². The van der Waals surface area contributed by atoms with Crippen molar-refractivity contribution < 1.29 is 34.1 Å². The van der Waals surface area contributed by atoms with Gasteiger partial charge < -0.3 is 14.9 Å². The second-order valence-electron chi connectivity index (χ2n) is 2.87. The van der Waals surface area contributed by atoms with Crippen molar-refractivity contribution in [2.75, 3.05) is 0 Å². The minimum atomic E-state index is -1.50. The zero-order chi connectivity index (χ0) is 13.0. The van der Waals surface area contributed by atoms with E-state index in [2.05, 4.69) is 4.74 Å². The van der Waals surface area contributed by atoms with Gasteiger partial charge in [0.05, 0.1) is 16.7 Å². The van der Waals surface area contributed by atoms with Crippen LogP contribution in [0.25, 0.3) is 0 Å². The topological polar surface area (TPSA) is 118 Å². The largest absolute Gasteiger partial charge is 0.478 e. The fourth-order valence-corrected chi connectivity index (χ4v) is 1.15. The number of benzene rings is 1. The van der Waals surface area contributed by atoms with Gasteiger partial charge in [0, 0.05) is 0 Å². The molecule has 0 bridgehead atoms. The van der Waals surface area contributed by atoms with Crippen molar-refractivity contribution in [3.05, 3.63) is 34.9 Å². The molecule has 0 amide bonds. The van der Waals surface area contributed by atoms with E-state index in [-0.39, 0.29) is 12.0 Å². The maximum Gasteiger partial charge on any atom is 0.345 e. The van der Waals surface area contributed by atoms with Crippen LogP contribution in [0.4, 0.5) is 0 Å². The summed E-state index contributed by atoms with van der Waals surface area (Å²) in [5, 5.41) is 17.5. The average molecular weight is 238 g/mol. The lowest BCUT2D eigenvalue weighted by molar-refractivity contribution is -0.123. The molecule has 7 heteroatoms. The lowest BCUT2D eigenvalue weighted by atomic mass is 10.0. The van der Waals surface area contributed by atoms with Crippen molar-refractivity contribution in [3.8, 4) is 0 Å². The molecule has 7 nitrogen and oxygen atoms in total. The number of aromatic carboxylic acids is 2. The van der Waals surface area contributed by atoms with Gasteiger partial charge in [0.15, 0.2) is 0 Å². The van der Waals surface area contributed by atoms with Gasteiger partial charge in [0.1, 0.15) is 0 Å². The average Bonchev–Trinajstić information content (AvgIpc) is 2.28. The van der Waals surface area contributed by atoms with E-state index in [1.807, 2.05) is 0 Å². The summed E-state index contributed by atoms with van der Waals surface area (Å²) >= 11 is 0. The smallest absolute Gasteiger partial charge is 0.345 e. The third kappa shape index (κ3) is 2.65. The zero-order valence-corrected chi connectivity index (χ0v) is 8.25. The molecular weight excluding hydrogens is 232 g/mol. The number of hydrogen-bond acceptors (Lipinski definition) is 5. The third-order valence-electron chi connectivity index (χ3n) is 1.87. The van der Waals surface area contributed by atoms with E-state index in [1.54, 1.807) is 0 Å². The first-order valence-electron chi connectivity index (χ1n) is 4.22. The molecule has 0 fully saturated rings. The van der Waals surface area contributed by atoms with Crippen LogP contribution in [-0.4, -0.2) is 34.6 Å². The first kappa shape index (κ1) is 12.4. The number of carboxylic acids is 2. The van der Waals surface area contributed by atoms with Crippen LogP contribution in [0.15, 0.2) is 18.2 Å². The normalized spacial score (nSPS) is 9.41. The van der Waals surface area contributed by atoms with E-state index in [1.165, 1.54) is 0 Å². The fraction of sp³-hybridized carbons (Fsp3) is 0. The molecule has 0 spiro atoms. The molecule has 0 heterocycles. The Kier molecular flexibility index (Phi) is 3.55. The zero-order valence-electron chi connectivity index (χ0n) is 8.25. The van der Waals surface area contributed by atoms with E-state index in [0.29, 0.717) is 0 Å². The highest BCUT2D eigenvalue weighted by Crippen LogP contribution is 2.13. The van der Waals surface area contributed by atoms with Crippen molar-refractivity contribution >= 4 is 24.4 Å². The first-order valence-corrected chi connectivity index (χ1v) is 4.22. The Morgan fingerprint density at radius 1 is 1.06 bits per heavy atom. The second kappa shape index (κ2) is 4.88. The maximum atomic E-state index is 11.1. The van der Waals surface area contributed by atoms with E-state index >= 15 is 0 Å². The Morgan fingerprint density at radius 3 is 2.12 bits per heavy atom. The minimum absolute atomic E-state index is 0.103. The van der Waals surface area contributed by atoms with Crippen molar-refractivity contribution in [1.29, 1.82) is 0 Å². The lowest BCUT2D eigenvalue weighted by Gasteiger charge is -2.03. The monoisotopic (exact) mass is 238 g/mol. The molecule has 0 aliphatic heterocycles. The molecule has 0 unspecified atom stereocenters. The highest BCUT2D eigenvalue weighted by atomic mass is 16.6. The van der Waals surface area contributed by atoms with Gasteiger partial charge in [-0.3, -0.25) is 4.79 Å². The van der Waals surface area contributed by atoms with Crippen LogP contribution in [0.1, 0.15) is 31.1 Å².